The smallest absolute Gasteiger partial charge is 0.0624 e. The molecule has 3 heteroatoms. The van der Waals surface area contributed by atoms with Crippen molar-refractivity contribution in [3.63, 3.8) is 0 Å². The molecule has 0 aliphatic heterocycles. The molecule has 0 amide bonds. The molecule has 2 N–H and O–H groups in total. The standard InChI is InChI=1S/C12H17Cl2N/c13-11-8-5-7-10(12(11)14)6-3-1-2-4-9-15/h5,7-8H,1-4,6,9,15H2. The second-order valence-electron chi connectivity index (χ2n) is 3.67. The summed E-state index contributed by atoms with van der Waals surface area (Å²) in [5, 5.41) is 1.36. The van der Waals surface area contributed by atoms with Crippen molar-refractivity contribution in [2.75, 3.05) is 6.54 Å². The molecule has 0 atom stereocenters. The maximum absolute atomic E-state index is 6.08. The quantitative estimate of drug-likeness (QED) is 0.752. The van der Waals surface area contributed by atoms with Gasteiger partial charge in [-0.25, -0.2) is 0 Å². The van der Waals surface area contributed by atoms with Gasteiger partial charge in [-0.1, -0.05) is 48.2 Å². The molecular weight excluding hydrogens is 229 g/mol. The van der Waals surface area contributed by atoms with Crippen LogP contribution in [0.2, 0.25) is 10.0 Å². The van der Waals surface area contributed by atoms with Crippen LogP contribution in [-0.4, -0.2) is 6.54 Å². The number of hydrogen-bond acceptors (Lipinski definition) is 1. The minimum absolute atomic E-state index is 0.649. The van der Waals surface area contributed by atoms with E-state index in [4.69, 9.17) is 28.9 Å². The van der Waals surface area contributed by atoms with Gasteiger partial charge in [-0.3, -0.25) is 0 Å². The molecule has 0 saturated heterocycles. The highest BCUT2D eigenvalue weighted by Crippen LogP contribution is 2.26. The van der Waals surface area contributed by atoms with Gasteiger partial charge in [-0.15, -0.1) is 0 Å². The van der Waals surface area contributed by atoms with Gasteiger partial charge in [0.25, 0.3) is 0 Å². The summed E-state index contributed by atoms with van der Waals surface area (Å²) in [7, 11) is 0. The Balaban J connectivity index is 2.34. The van der Waals surface area contributed by atoms with Crippen LogP contribution in [0.25, 0.3) is 0 Å². The molecule has 1 rings (SSSR count). The van der Waals surface area contributed by atoms with E-state index in [9.17, 15) is 0 Å². The van der Waals surface area contributed by atoms with E-state index in [0.717, 1.165) is 31.4 Å². The highest BCUT2D eigenvalue weighted by molar-refractivity contribution is 6.42. The van der Waals surface area contributed by atoms with Gasteiger partial charge in [0.05, 0.1) is 10.0 Å². The predicted molar refractivity (Wildman–Crippen MR) is 67.7 cm³/mol. The lowest BCUT2D eigenvalue weighted by molar-refractivity contribution is 0.647. The van der Waals surface area contributed by atoms with E-state index >= 15 is 0 Å². The lowest BCUT2D eigenvalue weighted by atomic mass is 10.1. The Bertz CT molecular complexity index is 300. The van der Waals surface area contributed by atoms with Crippen LogP contribution < -0.4 is 5.73 Å². The summed E-state index contributed by atoms with van der Waals surface area (Å²) in [5.41, 5.74) is 6.58. The SMILES string of the molecule is NCCCCCCc1cccc(Cl)c1Cl. The topological polar surface area (TPSA) is 26.0 Å². The number of halogens is 2. The second kappa shape index (κ2) is 7.10. The molecule has 15 heavy (non-hydrogen) atoms. The van der Waals surface area contributed by atoms with Crippen LogP contribution in [0.5, 0.6) is 0 Å². The van der Waals surface area contributed by atoms with E-state index in [2.05, 4.69) is 0 Å². The lowest BCUT2D eigenvalue weighted by Gasteiger charge is -2.05. The first-order chi connectivity index (χ1) is 7.25. The highest BCUT2D eigenvalue weighted by Gasteiger charge is 2.03. The Morgan fingerprint density at radius 1 is 1.00 bits per heavy atom. The predicted octanol–water partition coefficient (Wildman–Crippen LogP) is 4.06. The van der Waals surface area contributed by atoms with Crippen molar-refractivity contribution in [3.8, 4) is 0 Å². The van der Waals surface area contributed by atoms with Gasteiger partial charge >= 0.3 is 0 Å². The summed E-state index contributed by atoms with van der Waals surface area (Å²) in [6.07, 6.45) is 5.68. The summed E-state index contributed by atoms with van der Waals surface area (Å²) >= 11 is 12.0. The molecule has 0 saturated carbocycles. The summed E-state index contributed by atoms with van der Waals surface area (Å²) in [6, 6.07) is 5.81. The Morgan fingerprint density at radius 2 is 1.73 bits per heavy atom. The first-order valence-electron chi connectivity index (χ1n) is 5.38. The molecule has 0 radical (unpaired) electrons. The van der Waals surface area contributed by atoms with Crippen LogP contribution in [-0.2, 0) is 6.42 Å². The Morgan fingerprint density at radius 3 is 2.47 bits per heavy atom. The fourth-order valence-corrected chi connectivity index (χ4v) is 1.97. The molecule has 0 fully saturated rings. The van der Waals surface area contributed by atoms with Gasteiger partial charge in [0.1, 0.15) is 0 Å². The number of benzene rings is 1. The minimum Gasteiger partial charge on any atom is -0.330 e. The zero-order valence-corrected chi connectivity index (χ0v) is 10.3. The van der Waals surface area contributed by atoms with Crippen molar-refractivity contribution in [1.82, 2.24) is 0 Å². The molecule has 0 aliphatic carbocycles. The van der Waals surface area contributed by atoms with E-state index in [1.165, 1.54) is 12.8 Å². The number of unbranched alkanes of at least 4 members (excludes halogenated alkanes) is 3. The van der Waals surface area contributed by atoms with E-state index in [1.54, 1.807) is 0 Å². The fraction of sp³-hybridized carbons (Fsp3) is 0.500. The van der Waals surface area contributed by atoms with Gasteiger partial charge in [0.2, 0.25) is 0 Å². The number of nitrogens with two attached hydrogens (primary N) is 1. The van der Waals surface area contributed by atoms with Crippen molar-refractivity contribution in [2.45, 2.75) is 32.1 Å². The van der Waals surface area contributed by atoms with E-state index in [0.29, 0.717) is 10.0 Å². The van der Waals surface area contributed by atoms with Gasteiger partial charge in [0.15, 0.2) is 0 Å². The monoisotopic (exact) mass is 245 g/mol. The van der Waals surface area contributed by atoms with Crippen molar-refractivity contribution in [1.29, 1.82) is 0 Å². The van der Waals surface area contributed by atoms with Crippen LogP contribution in [0.3, 0.4) is 0 Å². The van der Waals surface area contributed by atoms with Crippen molar-refractivity contribution in [2.24, 2.45) is 5.73 Å². The summed E-state index contributed by atoms with van der Waals surface area (Å²) in [6.45, 7) is 0.790. The number of aryl methyl sites for hydroxylation is 1. The summed E-state index contributed by atoms with van der Waals surface area (Å²) < 4.78 is 0. The van der Waals surface area contributed by atoms with Crippen molar-refractivity contribution >= 4 is 23.2 Å². The van der Waals surface area contributed by atoms with Crippen LogP contribution in [0, 0.1) is 0 Å². The molecule has 1 aromatic rings. The zero-order chi connectivity index (χ0) is 11.1. The molecule has 0 unspecified atom stereocenters. The van der Waals surface area contributed by atoms with Crippen LogP contribution in [0.15, 0.2) is 18.2 Å². The van der Waals surface area contributed by atoms with E-state index in [-0.39, 0.29) is 0 Å². The third-order valence-electron chi connectivity index (χ3n) is 2.43. The Hall–Kier alpha value is -0.240. The van der Waals surface area contributed by atoms with Gasteiger partial charge in [-0.2, -0.15) is 0 Å². The first-order valence-corrected chi connectivity index (χ1v) is 6.14. The molecule has 1 aromatic carbocycles. The molecule has 0 spiro atoms. The third-order valence-corrected chi connectivity index (χ3v) is 3.29. The molecule has 0 heterocycles. The molecule has 0 aromatic heterocycles. The van der Waals surface area contributed by atoms with Crippen LogP contribution in [0.4, 0.5) is 0 Å². The highest BCUT2D eigenvalue weighted by atomic mass is 35.5. The maximum Gasteiger partial charge on any atom is 0.0624 e. The molecule has 1 nitrogen and oxygen atoms in total. The Kier molecular flexibility index (Phi) is 6.07. The molecule has 0 bridgehead atoms. The van der Waals surface area contributed by atoms with Crippen LogP contribution in [0.1, 0.15) is 31.2 Å². The van der Waals surface area contributed by atoms with Crippen LogP contribution >= 0.6 is 23.2 Å². The normalized spacial score (nSPS) is 10.6. The summed E-state index contributed by atoms with van der Waals surface area (Å²) in [4.78, 5) is 0. The number of rotatable bonds is 6. The average molecular weight is 246 g/mol. The minimum atomic E-state index is 0.649. The fourth-order valence-electron chi connectivity index (χ4n) is 1.55. The van der Waals surface area contributed by atoms with Gasteiger partial charge < -0.3 is 5.73 Å². The lowest BCUT2D eigenvalue weighted by Crippen LogP contribution is -1.97. The average Bonchev–Trinajstić information content (AvgIpc) is 2.24. The van der Waals surface area contributed by atoms with E-state index in [1.807, 2.05) is 18.2 Å². The number of hydrogen-bond donors (Lipinski definition) is 1. The summed E-state index contributed by atoms with van der Waals surface area (Å²) in [5.74, 6) is 0. The van der Waals surface area contributed by atoms with E-state index < -0.39 is 0 Å². The third kappa shape index (κ3) is 4.42. The van der Waals surface area contributed by atoms with Gasteiger partial charge in [0, 0.05) is 0 Å². The van der Waals surface area contributed by atoms with Gasteiger partial charge in [-0.05, 0) is 37.4 Å². The molecule has 84 valence electrons. The maximum atomic E-state index is 6.08. The largest absolute Gasteiger partial charge is 0.330 e. The zero-order valence-electron chi connectivity index (χ0n) is 8.81. The molecule has 0 aliphatic rings. The first kappa shape index (κ1) is 12.8. The van der Waals surface area contributed by atoms with Crippen molar-refractivity contribution in [3.05, 3.63) is 33.8 Å². The molecular formula is C12H17Cl2N. The van der Waals surface area contributed by atoms with Crippen molar-refractivity contribution < 1.29 is 0 Å². The Labute approximate surface area is 102 Å². The second-order valence-corrected chi connectivity index (χ2v) is 4.45.